The van der Waals surface area contributed by atoms with Gasteiger partial charge in [0.25, 0.3) is 0 Å². The highest BCUT2D eigenvalue weighted by atomic mass is 16.7. The first-order chi connectivity index (χ1) is 11.7. The van der Waals surface area contributed by atoms with E-state index in [1.807, 2.05) is 24.3 Å². The van der Waals surface area contributed by atoms with E-state index in [2.05, 4.69) is 5.32 Å². The van der Waals surface area contributed by atoms with Crippen molar-refractivity contribution in [2.45, 2.75) is 12.5 Å². The molecule has 2 aromatic rings. The van der Waals surface area contributed by atoms with Crippen LogP contribution < -0.4 is 24.3 Å². The summed E-state index contributed by atoms with van der Waals surface area (Å²) in [6, 6.07) is 9.01. The molecule has 0 bridgehead atoms. The molecule has 124 valence electrons. The van der Waals surface area contributed by atoms with E-state index in [9.17, 15) is 4.79 Å². The fourth-order valence-corrected chi connectivity index (χ4v) is 3.20. The van der Waals surface area contributed by atoms with Gasteiger partial charge in [0, 0.05) is 29.3 Å². The predicted molar refractivity (Wildman–Crippen MR) is 87.4 cm³/mol. The van der Waals surface area contributed by atoms with Gasteiger partial charge in [-0.15, -0.1) is 0 Å². The lowest BCUT2D eigenvalue weighted by Gasteiger charge is -2.28. The van der Waals surface area contributed by atoms with Crippen molar-refractivity contribution in [3.8, 4) is 23.0 Å². The van der Waals surface area contributed by atoms with Gasteiger partial charge in [0.05, 0.1) is 20.3 Å². The fraction of sp³-hybridized carbons (Fsp3) is 0.278. The van der Waals surface area contributed by atoms with E-state index in [4.69, 9.17) is 18.9 Å². The first kappa shape index (κ1) is 14.7. The SMILES string of the molecule is COc1cccc([C@@H]2CC(=O)c3cc4c(cc3N2)OCO4)c1OC. The summed E-state index contributed by atoms with van der Waals surface area (Å²) in [6.45, 7) is 0.180. The second-order valence-electron chi connectivity index (χ2n) is 5.66. The zero-order chi connectivity index (χ0) is 16.7. The summed E-state index contributed by atoms with van der Waals surface area (Å²) in [5.74, 6) is 2.58. The lowest BCUT2D eigenvalue weighted by atomic mass is 9.91. The van der Waals surface area contributed by atoms with Gasteiger partial charge in [-0.1, -0.05) is 12.1 Å². The summed E-state index contributed by atoms with van der Waals surface area (Å²) in [5.41, 5.74) is 2.25. The minimum atomic E-state index is -0.199. The summed E-state index contributed by atoms with van der Waals surface area (Å²) in [6.07, 6.45) is 0.330. The van der Waals surface area contributed by atoms with E-state index in [1.54, 1.807) is 20.3 Å². The Labute approximate surface area is 139 Å². The Hall–Kier alpha value is -2.89. The van der Waals surface area contributed by atoms with Crippen LogP contribution in [-0.4, -0.2) is 26.8 Å². The molecule has 1 N–H and O–H groups in total. The van der Waals surface area contributed by atoms with Crippen LogP contribution in [0.2, 0.25) is 0 Å². The largest absolute Gasteiger partial charge is 0.493 e. The molecule has 1 atom stereocenters. The summed E-state index contributed by atoms with van der Waals surface area (Å²) in [4.78, 5) is 12.6. The van der Waals surface area contributed by atoms with E-state index in [1.165, 1.54) is 0 Å². The van der Waals surface area contributed by atoms with E-state index in [0.29, 0.717) is 35.0 Å². The Kier molecular flexibility index (Phi) is 3.45. The molecule has 0 unspecified atom stereocenters. The van der Waals surface area contributed by atoms with Gasteiger partial charge in [-0.05, 0) is 12.1 Å². The van der Waals surface area contributed by atoms with Gasteiger partial charge in [-0.3, -0.25) is 4.79 Å². The van der Waals surface area contributed by atoms with Crippen molar-refractivity contribution < 1.29 is 23.7 Å². The molecule has 0 aromatic heterocycles. The number of nitrogens with one attached hydrogen (secondary N) is 1. The Bertz CT molecular complexity index is 817. The van der Waals surface area contributed by atoms with Crippen molar-refractivity contribution in [3.63, 3.8) is 0 Å². The topological polar surface area (TPSA) is 66.0 Å². The van der Waals surface area contributed by atoms with E-state index in [-0.39, 0.29) is 18.6 Å². The zero-order valence-corrected chi connectivity index (χ0v) is 13.4. The van der Waals surface area contributed by atoms with Crippen LogP contribution in [0.3, 0.4) is 0 Å². The molecule has 4 rings (SSSR count). The summed E-state index contributed by atoms with van der Waals surface area (Å²) in [7, 11) is 3.19. The monoisotopic (exact) mass is 327 g/mol. The number of hydrogen-bond acceptors (Lipinski definition) is 6. The molecule has 0 saturated carbocycles. The molecule has 6 nitrogen and oxygen atoms in total. The second-order valence-corrected chi connectivity index (χ2v) is 5.66. The van der Waals surface area contributed by atoms with Gasteiger partial charge in [0.2, 0.25) is 6.79 Å². The van der Waals surface area contributed by atoms with Gasteiger partial charge in [-0.25, -0.2) is 0 Å². The average Bonchev–Trinajstić information content (AvgIpc) is 3.06. The number of ether oxygens (including phenoxy) is 4. The third-order valence-electron chi connectivity index (χ3n) is 4.34. The third-order valence-corrected chi connectivity index (χ3v) is 4.34. The van der Waals surface area contributed by atoms with Crippen molar-refractivity contribution in [2.24, 2.45) is 0 Å². The number of rotatable bonds is 3. The number of anilines is 1. The van der Waals surface area contributed by atoms with E-state index in [0.717, 1.165) is 11.3 Å². The maximum Gasteiger partial charge on any atom is 0.231 e. The molecule has 0 radical (unpaired) electrons. The average molecular weight is 327 g/mol. The van der Waals surface area contributed by atoms with Crippen LogP contribution in [0, 0.1) is 0 Å². The highest BCUT2D eigenvalue weighted by molar-refractivity contribution is 6.04. The number of carbonyl (C=O) groups is 1. The maximum atomic E-state index is 12.6. The Morgan fingerprint density at radius 2 is 1.92 bits per heavy atom. The Morgan fingerprint density at radius 3 is 2.67 bits per heavy atom. The van der Waals surface area contributed by atoms with Gasteiger partial charge in [-0.2, -0.15) is 0 Å². The summed E-state index contributed by atoms with van der Waals surface area (Å²) in [5, 5.41) is 3.41. The van der Waals surface area contributed by atoms with Crippen molar-refractivity contribution in [3.05, 3.63) is 41.5 Å². The number of para-hydroxylation sites is 1. The smallest absolute Gasteiger partial charge is 0.231 e. The molecule has 0 fully saturated rings. The van der Waals surface area contributed by atoms with Crippen LogP contribution >= 0.6 is 0 Å². The molecule has 0 aliphatic carbocycles. The van der Waals surface area contributed by atoms with Gasteiger partial charge < -0.3 is 24.3 Å². The first-order valence-corrected chi connectivity index (χ1v) is 7.65. The van der Waals surface area contributed by atoms with Gasteiger partial charge in [0.15, 0.2) is 28.8 Å². The fourth-order valence-electron chi connectivity index (χ4n) is 3.20. The first-order valence-electron chi connectivity index (χ1n) is 7.65. The third kappa shape index (κ3) is 2.22. The minimum Gasteiger partial charge on any atom is -0.493 e. The molecule has 0 spiro atoms. The van der Waals surface area contributed by atoms with Gasteiger partial charge in [0.1, 0.15) is 0 Å². The maximum absolute atomic E-state index is 12.6. The molecule has 6 heteroatoms. The predicted octanol–water partition coefficient (Wildman–Crippen LogP) is 3.17. The molecule has 2 aliphatic heterocycles. The van der Waals surface area contributed by atoms with Crippen molar-refractivity contribution in [1.82, 2.24) is 0 Å². The Balaban J connectivity index is 1.74. The zero-order valence-electron chi connectivity index (χ0n) is 13.4. The Morgan fingerprint density at radius 1 is 1.12 bits per heavy atom. The van der Waals surface area contributed by atoms with Crippen LogP contribution in [-0.2, 0) is 0 Å². The molecular weight excluding hydrogens is 310 g/mol. The second kappa shape index (κ2) is 5.63. The molecule has 24 heavy (non-hydrogen) atoms. The number of Topliss-reactive ketones (excluding diaryl/α,β-unsaturated/α-hetero) is 1. The minimum absolute atomic E-state index is 0.0527. The highest BCUT2D eigenvalue weighted by Gasteiger charge is 2.31. The molecular formula is C18H17NO5. The van der Waals surface area contributed by atoms with Crippen LogP contribution in [0.4, 0.5) is 5.69 Å². The van der Waals surface area contributed by atoms with E-state index < -0.39 is 0 Å². The normalized spacial score (nSPS) is 17.9. The quantitative estimate of drug-likeness (QED) is 0.934. The lowest BCUT2D eigenvalue weighted by molar-refractivity contribution is 0.0971. The van der Waals surface area contributed by atoms with Crippen LogP contribution in [0.5, 0.6) is 23.0 Å². The molecule has 2 aromatic carbocycles. The standard InChI is InChI=1S/C18H17NO5/c1-21-15-5-3-4-10(18(15)22-2)12-7-14(20)11-6-16-17(24-9-23-16)8-13(11)19-12/h3-6,8,12,19H,7,9H2,1-2H3/t12-/m0/s1. The summed E-state index contributed by atoms with van der Waals surface area (Å²) < 4.78 is 21.6. The number of carbonyl (C=O) groups excluding carboxylic acids is 1. The number of benzene rings is 2. The van der Waals surface area contributed by atoms with Crippen molar-refractivity contribution >= 4 is 11.5 Å². The number of hydrogen-bond donors (Lipinski definition) is 1. The number of fused-ring (bicyclic) bond motifs is 2. The number of ketones is 1. The van der Waals surface area contributed by atoms with Crippen molar-refractivity contribution in [2.75, 3.05) is 26.3 Å². The van der Waals surface area contributed by atoms with Crippen LogP contribution in [0.25, 0.3) is 0 Å². The number of methoxy groups -OCH3 is 2. The summed E-state index contributed by atoms with van der Waals surface area (Å²) >= 11 is 0. The van der Waals surface area contributed by atoms with E-state index >= 15 is 0 Å². The molecule has 2 heterocycles. The van der Waals surface area contributed by atoms with Crippen molar-refractivity contribution in [1.29, 1.82) is 0 Å². The van der Waals surface area contributed by atoms with Crippen LogP contribution in [0.1, 0.15) is 28.4 Å². The molecule has 0 saturated heterocycles. The molecule has 0 amide bonds. The molecule has 2 aliphatic rings. The van der Waals surface area contributed by atoms with Crippen LogP contribution in [0.15, 0.2) is 30.3 Å². The lowest BCUT2D eigenvalue weighted by Crippen LogP contribution is -2.23. The highest BCUT2D eigenvalue weighted by Crippen LogP contribution is 2.44. The van der Waals surface area contributed by atoms with Gasteiger partial charge >= 0.3 is 0 Å².